The van der Waals surface area contributed by atoms with E-state index in [0.717, 1.165) is 12.5 Å². The molecular formula is C12H12N2O3. The summed E-state index contributed by atoms with van der Waals surface area (Å²) in [4.78, 5) is 27.8. The van der Waals surface area contributed by atoms with E-state index in [2.05, 4.69) is 4.98 Å². The Bertz CT molecular complexity index is 482. The highest BCUT2D eigenvalue weighted by Gasteiger charge is 2.22. The molecule has 0 bridgehead atoms. The van der Waals surface area contributed by atoms with Crippen molar-refractivity contribution >= 4 is 23.8 Å². The fourth-order valence-corrected chi connectivity index (χ4v) is 1.73. The Kier molecular flexibility index (Phi) is 3.18. The first-order valence-electron chi connectivity index (χ1n) is 5.35. The molecule has 1 aromatic rings. The van der Waals surface area contributed by atoms with E-state index >= 15 is 0 Å². The monoisotopic (exact) mass is 232 g/mol. The van der Waals surface area contributed by atoms with E-state index in [-0.39, 0.29) is 5.91 Å². The average molecular weight is 232 g/mol. The largest absolute Gasteiger partial charge is 0.478 e. The first-order valence-corrected chi connectivity index (χ1v) is 5.35. The van der Waals surface area contributed by atoms with Crippen molar-refractivity contribution in [1.29, 1.82) is 0 Å². The zero-order chi connectivity index (χ0) is 12.3. The summed E-state index contributed by atoms with van der Waals surface area (Å²) in [5.41, 5.74) is 0.532. The quantitative estimate of drug-likeness (QED) is 0.797. The van der Waals surface area contributed by atoms with E-state index in [9.17, 15) is 9.59 Å². The van der Waals surface area contributed by atoms with Crippen molar-refractivity contribution < 1.29 is 14.7 Å². The molecule has 5 nitrogen and oxygen atoms in total. The van der Waals surface area contributed by atoms with Crippen LogP contribution in [0.3, 0.4) is 0 Å². The predicted octanol–water partition coefficient (Wildman–Crippen LogP) is 1.31. The number of carboxylic acid groups (broad SMARTS) is 1. The zero-order valence-electron chi connectivity index (χ0n) is 9.17. The molecule has 0 aliphatic carbocycles. The molecule has 1 amide bonds. The number of amides is 1. The standard InChI is InChI=1S/C12H12N2O3/c15-11-5-2-8-14(11)10-4-1-3-9(13-10)6-7-12(16)17/h1,3-4,6-7H,2,5,8H2,(H,16,17). The van der Waals surface area contributed by atoms with Gasteiger partial charge in [-0.2, -0.15) is 0 Å². The minimum absolute atomic E-state index is 0.0665. The normalized spacial score (nSPS) is 15.8. The highest BCUT2D eigenvalue weighted by molar-refractivity contribution is 5.94. The summed E-state index contributed by atoms with van der Waals surface area (Å²) >= 11 is 0. The highest BCUT2D eigenvalue weighted by atomic mass is 16.4. The summed E-state index contributed by atoms with van der Waals surface area (Å²) in [6, 6.07) is 5.21. The van der Waals surface area contributed by atoms with Gasteiger partial charge in [-0.15, -0.1) is 0 Å². The molecule has 0 unspecified atom stereocenters. The first-order chi connectivity index (χ1) is 8.16. The van der Waals surface area contributed by atoms with Crippen molar-refractivity contribution in [3.63, 3.8) is 0 Å². The second kappa shape index (κ2) is 4.78. The van der Waals surface area contributed by atoms with Crippen molar-refractivity contribution in [2.75, 3.05) is 11.4 Å². The fraction of sp³-hybridized carbons (Fsp3) is 0.250. The van der Waals surface area contributed by atoms with Gasteiger partial charge in [0.1, 0.15) is 5.82 Å². The first kappa shape index (κ1) is 11.3. The van der Waals surface area contributed by atoms with Crippen LogP contribution in [-0.4, -0.2) is 28.5 Å². The predicted molar refractivity (Wildman–Crippen MR) is 62.5 cm³/mol. The molecule has 1 aliphatic heterocycles. The molecule has 1 N–H and O–H groups in total. The van der Waals surface area contributed by atoms with Crippen LogP contribution in [0.2, 0.25) is 0 Å². The van der Waals surface area contributed by atoms with Crippen molar-refractivity contribution in [1.82, 2.24) is 4.98 Å². The molecule has 0 radical (unpaired) electrons. The Morgan fingerprint density at radius 1 is 1.47 bits per heavy atom. The van der Waals surface area contributed by atoms with Gasteiger partial charge in [0.05, 0.1) is 5.69 Å². The van der Waals surface area contributed by atoms with Crippen molar-refractivity contribution in [2.45, 2.75) is 12.8 Å². The van der Waals surface area contributed by atoms with E-state index in [4.69, 9.17) is 5.11 Å². The highest BCUT2D eigenvalue weighted by Crippen LogP contribution is 2.19. The maximum Gasteiger partial charge on any atom is 0.328 e. The smallest absolute Gasteiger partial charge is 0.328 e. The lowest BCUT2D eigenvalue weighted by atomic mass is 10.3. The number of aromatic nitrogens is 1. The van der Waals surface area contributed by atoms with Gasteiger partial charge in [-0.25, -0.2) is 9.78 Å². The lowest BCUT2D eigenvalue weighted by molar-refractivity contribution is -0.131. The Balaban J connectivity index is 2.22. The minimum atomic E-state index is -1.02. The van der Waals surface area contributed by atoms with Gasteiger partial charge in [0.25, 0.3) is 0 Å². The van der Waals surface area contributed by atoms with E-state index in [1.807, 2.05) is 0 Å². The molecule has 1 fully saturated rings. The number of pyridine rings is 1. The number of hydrogen-bond acceptors (Lipinski definition) is 3. The second-order valence-electron chi connectivity index (χ2n) is 3.74. The van der Waals surface area contributed by atoms with Crippen LogP contribution in [0.15, 0.2) is 24.3 Å². The van der Waals surface area contributed by atoms with Crippen LogP contribution >= 0.6 is 0 Å². The second-order valence-corrected chi connectivity index (χ2v) is 3.74. The van der Waals surface area contributed by atoms with Crippen molar-refractivity contribution in [3.05, 3.63) is 30.0 Å². The maximum atomic E-state index is 11.5. The maximum absolute atomic E-state index is 11.5. The van der Waals surface area contributed by atoms with Gasteiger partial charge >= 0.3 is 5.97 Å². The number of hydrogen-bond donors (Lipinski definition) is 1. The van der Waals surface area contributed by atoms with E-state index in [1.165, 1.54) is 6.08 Å². The molecular weight excluding hydrogens is 220 g/mol. The van der Waals surface area contributed by atoms with Crippen molar-refractivity contribution in [3.8, 4) is 0 Å². The topological polar surface area (TPSA) is 70.5 Å². The lowest BCUT2D eigenvalue weighted by Gasteiger charge is -2.14. The number of carboxylic acids is 1. The third-order valence-electron chi connectivity index (χ3n) is 2.50. The summed E-state index contributed by atoms with van der Waals surface area (Å²) in [6.07, 6.45) is 3.83. The molecule has 0 spiro atoms. The van der Waals surface area contributed by atoms with Crippen LogP contribution in [-0.2, 0) is 9.59 Å². The number of nitrogens with zero attached hydrogens (tertiary/aromatic N) is 2. The van der Waals surface area contributed by atoms with Gasteiger partial charge in [-0.3, -0.25) is 9.69 Å². The van der Waals surface area contributed by atoms with E-state index in [0.29, 0.717) is 24.5 Å². The zero-order valence-corrected chi connectivity index (χ0v) is 9.17. The number of aliphatic carboxylic acids is 1. The van der Waals surface area contributed by atoms with Gasteiger partial charge in [-0.05, 0) is 24.6 Å². The molecule has 0 saturated carbocycles. The summed E-state index contributed by atoms with van der Waals surface area (Å²) in [6.45, 7) is 0.679. The molecule has 1 aliphatic rings. The van der Waals surface area contributed by atoms with Crippen LogP contribution in [0.4, 0.5) is 5.82 Å². The Hall–Kier alpha value is -2.17. The molecule has 1 saturated heterocycles. The molecule has 2 heterocycles. The summed E-state index contributed by atoms with van der Waals surface area (Å²) in [7, 11) is 0. The van der Waals surface area contributed by atoms with Gasteiger partial charge in [0, 0.05) is 19.0 Å². The van der Waals surface area contributed by atoms with Gasteiger partial charge < -0.3 is 5.11 Å². The number of carbonyl (C=O) groups excluding carboxylic acids is 1. The number of rotatable bonds is 3. The third kappa shape index (κ3) is 2.69. The van der Waals surface area contributed by atoms with Crippen LogP contribution in [0, 0.1) is 0 Å². The van der Waals surface area contributed by atoms with Gasteiger partial charge in [0.15, 0.2) is 0 Å². The number of anilines is 1. The SMILES string of the molecule is O=C(O)C=Cc1cccc(N2CCCC2=O)n1. The van der Waals surface area contributed by atoms with E-state index < -0.39 is 5.97 Å². The van der Waals surface area contributed by atoms with Crippen molar-refractivity contribution in [2.24, 2.45) is 0 Å². The summed E-state index contributed by atoms with van der Waals surface area (Å²) < 4.78 is 0. The number of carbonyl (C=O) groups is 2. The lowest BCUT2D eigenvalue weighted by Crippen LogP contribution is -2.24. The van der Waals surface area contributed by atoms with Gasteiger partial charge in [0.2, 0.25) is 5.91 Å². The molecule has 88 valence electrons. The molecule has 0 aromatic carbocycles. The van der Waals surface area contributed by atoms with Crippen LogP contribution < -0.4 is 4.90 Å². The molecule has 1 aromatic heterocycles. The Labute approximate surface area is 98.4 Å². The van der Waals surface area contributed by atoms with E-state index in [1.54, 1.807) is 23.1 Å². The molecule has 17 heavy (non-hydrogen) atoms. The molecule has 2 rings (SSSR count). The third-order valence-corrected chi connectivity index (χ3v) is 2.50. The van der Waals surface area contributed by atoms with Crippen LogP contribution in [0.25, 0.3) is 6.08 Å². The summed E-state index contributed by atoms with van der Waals surface area (Å²) in [5, 5.41) is 8.52. The van der Waals surface area contributed by atoms with Crippen LogP contribution in [0.5, 0.6) is 0 Å². The Morgan fingerprint density at radius 2 is 2.29 bits per heavy atom. The Morgan fingerprint density at radius 3 is 2.94 bits per heavy atom. The molecule has 0 atom stereocenters. The summed E-state index contributed by atoms with van der Waals surface area (Å²) in [5.74, 6) is -0.369. The van der Waals surface area contributed by atoms with Crippen LogP contribution in [0.1, 0.15) is 18.5 Å². The minimum Gasteiger partial charge on any atom is -0.478 e. The fourth-order valence-electron chi connectivity index (χ4n) is 1.73. The molecule has 5 heteroatoms. The average Bonchev–Trinajstić information content (AvgIpc) is 2.73. The van der Waals surface area contributed by atoms with Gasteiger partial charge in [-0.1, -0.05) is 6.07 Å².